The molecule has 1 saturated heterocycles. The summed E-state index contributed by atoms with van der Waals surface area (Å²) in [5, 5.41) is 3.29. The Balaban J connectivity index is 1.54. The quantitative estimate of drug-likeness (QED) is 0.835. The third-order valence-corrected chi connectivity index (χ3v) is 6.79. The number of likely N-dealkylation sites (tertiary alicyclic amines) is 1. The van der Waals surface area contributed by atoms with Crippen LogP contribution in [0.4, 0.5) is 0 Å². The van der Waals surface area contributed by atoms with Gasteiger partial charge in [0, 0.05) is 18.5 Å². The Morgan fingerprint density at radius 3 is 2.38 bits per heavy atom. The van der Waals surface area contributed by atoms with Gasteiger partial charge in [-0.1, -0.05) is 34.1 Å². The van der Waals surface area contributed by atoms with Crippen molar-refractivity contribution in [3.8, 4) is 0 Å². The molecule has 3 aliphatic rings. The van der Waals surface area contributed by atoms with Crippen LogP contribution < -0.4 is 5.32 Å². The molecule has 2 bridgehead atoms. The van der Waals surface area contributed by atoms with Crippen molar-refractivity contribution in [3.05, 3.63) is 0 Å². The van der Waals surface area contributed by atoms with E-state index in [1.165, 1.54) is 51.6 Å². The Labute approximate surface area is 148 Å². The molecule has 0 aromatic rings. The summed E-state index contributed by atoms with van der Waals surface area (Å²) in [5.41, 5.74) is 0.642. The number of rotatable bonds is 4. The predicted octanol–water partition coefficient (Wildman–Crippen LogP) is 4.22. The predicted molar refractivity (Wildman–Crippen MR) is 99.9 cm³/mol. The molecule has 3 heteroatoms. The van der Waals surface area contributed by atoms with Gasteiger partial charge < -0.3 is 10.2 Å². The fraction of sp³-hybridized carbons (Fsp3) is 0.952. The largest absolute Gasteiger partial charge is 0.354 e. The van der Waals surface area contributed by atoms with Crippen LogP contribution in [-0.4, -0.2) is 37.0 Å². The van der Waals surface area contributed by atoms with Crippen LogP contribution in [0.25, 0.3) is 0 Å². The van der Waals surface area contributed by atoms with Crippen molar-refractivity contribution < 1.29 is 4.79 Å². The molecule has 2 aliphatic carbocycles. The monoisotopic (exact) mass is 334 g/mol. The third kappa shape index (κ3) is 4.15. The maximum absolute atomic E-state index is 13.0. The van der Waals surface area contributed by atoms with E-state index in [2.05, 4.69) is 37.9 Å². The first kappa shape index (κ1) is 18.2. The van der Waals surface area contributed by atoms with Gasteiger partial charge in [0.05, 0.1) is 0 Å². The van der Waals surface area contributed by atoms with Crippen molar-refractivity contribution in [2.45, 2.75) is 79.1 Å². The number of amides is 1. The van der Waals surface area contributed by atoms with Gasteiger partial charge in [-0.2, -0.15) is 0 Å². The van der Waals surface area contributed by atoms with E-state index in [1.54, 1.807) is 0 Å². The molecule has 0 radical (unpaired) electrons. The van der Waals surface area contributed by atoms with Gasteiger partial charge in [0.15, 0.2) is 0 Å². The van der Waals surface area contributed by atoms with Crippen LogP contribution in [0.1, 0.15) is 79.1 Å². The van der Waals surface area contributed by atoms with E-state index in [1.807, 2.05) is 0 Å². The zero-order valence-corrected chi connectivity index (χ0v) is 16.4. The Kier molecular flexibility index (Phi) is 5.03. The highest BCUT2D eigenvalue weighted by Gasteiger charge is 2.52. The van der Waals surface area contributed by atoms with Crippen molar-refractivity contribution in [3.63, 3.8) is 0 Å². The van der Waals surface area contributed by atoms with Crippen LogP contribution in [0.5, 0.6) is 0 Å². The van der Waals surface area contributed by atoms with E-state index in [0.29, 0.717) is 16.7 Å². The lowest BCUT2D eigenvalue weighted by Gasteiger charge is -2.55. The van der Waals surface area contributed by atoms with Gasteiger partial charge in [0.25, 0.3) is 0 Å². The zero-order chi connectivity index (χ0) is 17.4. The number of nitrogens with zero attached hydrogens (tertiary/aromatic N) is 1. The van der Waals surface area contributed by atoms with Gasteiger partial charge in [0.2, 0.25) is 5.91 Å². The number of carbonyl (C=O) groups excluding carboxylic acids is 1. The fourth-order valence-electron chi connectivity index (χ4n) is 6.68. The van der Waals surface area contributed by atoms with Crippen LogP contribution in [0.3, 0.4) is 0 Å². The van der Waals surface area contributed by atoms with E-state index in [0.717, 1.165) is 31.8 Å². The highest BCUT2D eigenvalue weighted by atomic mass is 16.2. The average Bonchev–Trinajstić information content (AvgIpc) is 2.44. The Hall–Kier alpha value is -0.570. The van der Waals surface area contributed by atoms with Gasteiger partial charge in [-0.15, -0.1) is 0 Å². The van der Waals surface area contributed by atoms with Crippen molar-refractivity contribution in [1.82, 2.24) is 10.2 Å². The second-order valence-corrected chi connectivity index (χ2v) is 10.5. The molecule has 0 spiro atoms. The minimum Gasteiger partial charge on any atom is -0.354 e. The van der Waals surface area contributed by atoms with Crippen molar-refractivity contribution >= 4 is 5.91 Å². The molecule has 3 unspecified atom stereocenters. The first-order valence-electron chi connectivity index (χ1n) is 10.2. The SMILES string of the molecule is CC1(C)CC2CC(C)(C1)CC(C)(C(=O)NCCN1CCCCC1)C2. The molecule has 0 aromatic carbocycles. The summed E-state index contributed by atoms with van der Waals surface area (Å²) in [5.74, 6) is 1.04. The molecule has 0 aromatic heterocycles. The molecular weight excluding hydrogens is 296 g/mol. The van der Waals surface area contributed by atoms with Crippen LogP contribution in [-0.2, 0) is 4.79 Å². The Bertz CT molecular complexity index is 466. The molecule has 138 valence electrons. The number of hydrogen-bond acceptors (Lipinski definition) is 2. The number of carbonyl (C=O) groups is 1. The summed E-state index contributed by atoms with van der Waals surface area (Å²) in [6, 6.07) is 0. The van der Waals surface area contributed by atoms with E-state index in [4.69, 9.17) is 0 Å². The van der Waals surface area contributed by atoms with Crippen LogP contribution >= 0.6 is 0 Å². The van der Waals surface area contributed by atoms with Crippen LogP contribution in [0, 0.1) is 22.2 Å². The summed E-state index contributed by atoms with van der Waals surface area (Å²) in [6.07, 6.45) is 10.1. The number of fused-ring (bicyclic) bond motifs is 2. The average molecular weight is 335 g/mol. The number of piperidine rings is 1. The highest BCUT2D eigenvalue weighted by Crippen LogP contribution is 2.60. The Morgan fingerprint density at radius 1 is 1.00 bits per heavy atom. The van der Waals surface area contributed by atoms with E-state index < -0.39 is 0 Å². The van der Waals surface area contributed by atoms with Gasteiger partial charge in [-0.3, -0.25) is 4.79 Å². The highest BCUT2D eigenvalue weighted by molar-refractivity contribution is 5.82. The van der Waals surface area contributed by atoms with Crippen LogP contribution in [0.15, 0.2) is 0 Å². The van der Waals surface area contributed by atoms with E-state index in [9.17, 15) is 4.79 Å². The lowest BCUT2D eigenvalue weighted by molar-refractivity contribution is -0.140. The second-order valence-electron chi connectivity index (χ2n) is 10.5. The zero-order valence-electron chi connectivity index (χ0n) is 16.4. The standard InChI is InChI=1S/C21H38N2O/c1-19(2)12-17-13-20(3,15-19)16-21(4,14-17)18(24)22-8-11-23-9-6-5-7-10-23/h17H,5-16H2,1-4H3,(H,22,24). The third-order valence-electron chi connectivity index (χ3n) is 6.79. The molecule has 24 heavy (non-hydrogen) atoms. The molecule has 1 aliphatic heterocycles. The normalized spacial score (nSPS) is 39.4. The summed E-state index contributed by atoms with van der Waals surface area (Å²) < 4.78 is 0. The van der Waals surface area contributed by atoms with Crippen molar-refractivity contribution in [1.29, 1.82) is 0 Å². The van der Waals surface area contributed by atoms with Crippen molar-refractivity contribution in [2.75, 3.05) is 26.2 Å². The number of nitrogens with one attached hydrogen (secondary N) is 1. The molecular formula is C21H38N2O. The van der Waals surface area contributed by atoms with E-state index >= 15 is 0 Å². The maximum Gasteiger partial charge on any atom is 0.226 e. The minimum absolute atomic E-state index is 0.157. The van der Waals surface area contributed by atoms with Gasteiger partial charge in [-0.25, -0.2) is 0 Å². The molecule has 1 N–H and O–H groups in total. The smallest absolute Gasteiger partial charge is 0.226 e. The molecule has 1 heterocycles. The van der Waals surface area contributed by atoms with Gasteiger partial charge in [0.1, 0.15) is 0 Å². The fourth-order valence-corrected chi connectivity index (χ4v) is 6.68. The molecule has 2 saturated carbocycles. The molecule has 3 rings (SSSR count). The first-order chi connectivity index (χ1) is 11.2. The second kappa shape index (κ2) is 6.63. The lowest BCUT2D eigenvalue weighted by atomic mass is 9.50. The van der Waals surface area contributed by atoms with Gasteiger partial charge in [-0.05, 0) is 74.8 Å². The minimum atomic E-state index is -0.157. The first-order valence-corrected chi connectivity index (χ1v) is 10.2. The molecule has 3 atom stereocenters. The van der Waals surface area contributed by atoms with Gasteiger partial charge >= 0.3 is 0 Å². The van der Waals surface area contributed by atoms with E-state index in [-0.39, 0.29) is 5.41 Å². The summed E-state index contributed by atoms with van der Waals surface area (Å²) in [4.78, 5) is 15.5. The molecule has 1 amide bonds. The molecule has 3 fully saturated rings. The maximum atomic E-state index is 13.0. The number of hydrogen-bond donors (Lipinski definition) is 1. The summed E-state index contributed by atoms with van der Waals surface area (Å²) >= 11 is 0. The van der Waals surface area contributed by atoms with Crippen LogP contribution in [0.2, 0.25) is 0 Å². The molecule has 3 nitrogen and oxygen atoms in total. The lowest BCUT2D eigenvalue weighted by Crippen LogP contribution is -2.51. The summed E-state index contributed by atoms with van der Waals surface area (Å²) in [6.45, 7) is 13.8. The van der Waals surface area contributed by atoms with Crippen molar-refractivity contribution in [2.24, 2.45) is 22.2 Å². The topological polar surface area (TPSA) is 32.3 Å². The Morgan fingerprint density at radius 2 is 1.71 bits per heavy atom. The summed E-state index contributed by atoms with van der Waals surface area (Å²) in [7, 11) is 0.